The second-order valence-electron chi connectivity index (χ2n) is 6.97. The number of rotatable bonds is 3. The Morgan fingerprint density at radius 3 is 2.35 bits per heavy atom. The lowest BCUT2D eigenvalue weighted by atomic mass is 9.80. The third kappa shape index (κ3) is 3.83. The summed E-state index contributed by atoms with van der Waals surface area (Å²) in [5, 5.41) is 3.68. The second kappa shape index (κ2) is 5.57. The molecular formula is C17H26N2O. The van der Waals surface area contributed by atoms with E-state index in [9.17, 15) is 0 Å². The molecule has 2 rings (SSSR count). The standard InChI is InChI=1S/C17H26N2O/c1-16(2)10-14(11-17(3,4)19-16)18-12-13-8-6-7-9-15(13)20-5/h6-9,12,14,19H,10-11H2,1-5H3. The van der Waals surface area contributed by atoms with Gasteiger partial charge in [-0.1, -0.05) is 12.1 Å². The van der Waals surface area contributed by atoms with Crippen LogP contribution in [0.2, 0.25) is 0 Å². The first-order chi connectivity index (χ1) is 9.31. The summed E-state index contributed by atoms with van der Waals surface area (Å²) in [7, 11) is 1.70. The number of nitrogens with zero attached hydrogens (tertiary/aromatic N) is 1. The van der Waals surface area contributed by atoms with Crippen molar-refractivity contribution in [1.29, 1.82) is 0 Å². The fourth-order valence-electron chi connectivity index (χ4n) is 3.33. The van der Waals surface area contributed by atoms with Crippen molar-refractivity contribution >= 4 is 6.21 Å². The number of aliphatic imine (C=N–C) groups is 1. The number of piperidine rings is 1. The number of benzene rings is 1. The number of para-hydroxylation sites is 1. The molecule has 1 aliphatic rings. The average Bonchev–Trinajstić information content (AvgIpc) is 2.33. The van der Waals surface area contributed by atoms with Crippen LogP contribution in [0.4, 0.5) is 0 Å². The average molecular weight is 274 g/mol. The van der Waals surface area contributed by atoms with E-state index in [4.69, 9.17) is 9.73 Å². The highest BCUT2D eigenvalue weighted by Gasteiger charge is 2.37. The lowest BCUT2D eigenvalue weighted by Crippen LogP contribution is -2.58. The minimum atomic E-state index is 0.129. The molecule has 1 heterocycles. The molecule has 1 N–H and O–H groups in total. The van der Waals surface area contributed by atoms with Crippen LogP contribution in [-0.4, -0.2) is 30.4 Å². The van der Waals surface area contributed by atoms with E-state index >= 15 is 0 Å². The Morgan fingerprint density at radius 2 is 1.75 bits per heavy atom. The molecule has 0 bridgehead atoms. The molecule has 0 aromatic heterocycles. The number of hydrogen-bond donors (Lipinski definition) is 1. The molecule has 1 aromatic rings. The van der Waals surface area contributed by atoms with Gasteiger partial charge in [-0.15, -0.1) is 0 Å². The van der Waals surface area contributed by atoms with Gasteiger partial charge >= 0.3 is 0 Å². The van der Waals surface area contributed by atoms with Crippen molar-refractivity contribution in [1.82, 2.24) is 5.32 Å². The van der Waals surface area contributed by atoms with Gasteiger partial charge in [-0.3, -0.25) is 4.99 Å². The zero-order valence-electron chi connectivity index (χ0n) is 13.2. The fraction of sp³-hybridized carbons (Fsp3) is 0.588. The minimum Gasteiger partial charge on any atom is -0.496 e. The summed E-state index contributed by atoms with van der Waals surface area (Å²) in [6.45, 7) is 9.00. The van der Waals surface area contributed by atoms with Crippen LogP contribution in [0.5, 0.6) is 5.75 Å². The molecule has 20 heavy (non-hydrogen) atoms. The first kappa shape index (κ1) is 15.0. The molecule has 110 valence electrons. The van der Waals surface area contributed by atoms with E-state index in [0.29, 0.717) is 6.04 Å². The summed E-state index contributed by atoms with van der Waals surface area (Å²) in [5.74, 6) is 0.878. The van der Waals surface area contributed by atoms with Gasteiger partial charge in [-0.05, 0) is 52.7 Å². The normalized spacial score (nSPS) is 22.1. The molecule has 0 radical (unpaired) electrons. The molecule has 0 unspecified atom stereocenters. The van der Waals surface area contributed by atoms with Gasteiger partial charge in [-0.25, -0.2) is 0 Å². The molecule has 0 amide bonds. The lowest BCUT2D eigenvalue weighted by Gasteiger charge is -2.45. The highest BCUT2D eigenvalue weighted by molar-refractivity contribution is 5.83. The third-order valence-electron chi connectivity index (χ3n) is 3.73. The zero-order chi connectivity index (χ0) is 14.8. The van der Waals surface area contributed by atoms with E-state index in [-0.39, 0.29) is 11.1 Å². The van der Waals surface area contributed by atoms with Crippen LogP contribution in [0, 0.1) is 0 Å². The minimum absolute atomic E-state index is 0.129. The maximum absolute atomic E-state index is 5.36. The molecule has 3 heteroatoms. The lowest BCUT2D eigenvalue weighted by molar-refractivity contribution is 0.164. The monoisotopic (exact) mass is 274 g/mol. The van der Waals surface area contributed by atoms with Crippen LogP contribution in [0.25, 0.3) is 0 Å². The van der Waals surface area contributed by atoms with Crippen LogP contribution in [0.15, 0.2) is 29.3 Å². The molecule has 1 aromatic carbocycles. The van der Waals surface area contributed by atoms with Crippen LogP contribution < -0.4 is 10.1 Å². The van der Waals surface area contributed by atoms with Gasteiger partial charge in [-0.2, -0.15) is 0 Å². The van der Waals surface area contributed by atoms with Crippen molar-refractivity contribution in [2.75, 3.05) is 7.11 Å². The van der Waals surface area contributed by atoms with Crippen molar-refractivity contribution in [2.24, 2.45) is 4.99 Å². The molecular weight excluding hydrogens is 248 g/mol. The van der Waals surface area contributed by atoms with Crippen LogP contribution in [0.1, 0.15) is 46.1 Å². The van der Waals surface area contributed by atoms with Gasteiger partial charge in [0.1, 0.15) is 5.75 Å². The van der Waals surface area contributed by atoms with Gasteiger partial charge in [0.15, 0.2) is 0 Å². The van der Waals surface area contributed by atoms with E-state index in [1.807, 2.05) is 30.5 Å². The molecule has 0 saturated carbocycles. The number of methoxy groups -OCH3 is 1. The Kier molecular flexibility index (Phi) is 4.19. The van der Waals surface area contributed by atoms with E-state index < -0.39 is 0 Å². The van der Waals surface area contributed by atoms with Crippen molar-refractivity contribution < 1.29 is 4.74 Å². The van der Waals surface area contributed by atoms with Gasteiger partial charge in [0.05, 0.1) is 13.2 Å². The predicted octanol–water partition coefficient (Wildman–Crippen LogP) is 3.42. The Balaban J connectivity index is 2.14. The fourth-order valence-corrected chi connectivity index (χ4v) is 3.33. The van der Waals surface area contributed by atoms with Gasteiger partial charge in [0, 0.05) is 22.9 Å². The first-order valence-electron chi connectivity index (χ1n) is 7.27. The Bertz CT molecular complexity index is 476. The summed E-state index contributed by atoms with van der Waals surface area (Å²) < 4.78 is 5.36. The van der Waals surface area contributed by atoms with Crippen molar-refractivity contribution in [3.63, 3.8) is 0 Å². The summed E-state index contributed by atoms with van der Waals surface area (Å²) in [6.07, 6.45) is 4.07. The zero-order valence-corrected chi connectivity index (χ0v) is 13.2. The van der Waals surface area contributed by atoms with E-state index in [1.165, 1.54) is 0 Å². The summed E-state index contributed by atoms with van der Waals surface area (Å²) in [6, 6.07) is 8.36. The van der Waals surface area contributed by atoms with E-state index in [1.54, 1.807) is 7.11 Å². The van der Waals surface area contributed by atoms with Crippen LogP contribution in [0.3, 0.4) is 0 Å². The number of nitrogens with one attached hydrogen (secondary N) is 1. The smallest absolute Gasteiger partial charge is 0.127 e. The van der Waals surface area contributed by atoms with E-state index in [0.717, 1.165) is 24.2 Å². The third-order valence-corrected chi connectivity index (χ3v) is 3.73. The largest absolute Gasteiger partial charge is 0.496 e. The summed E-state index contributed by atoms with van der Waals surface area (Å²) in [5.41, 5.74) is 1.30. The van der Waals surface area contributed by atoms with Crippen LogP contribution in [-0.2, 0) is 0 Å². The summed E-state index contributed by atoms with van der Waals surface area (Å²) >= 11 is 0. The Morgan fingerprint density at radius 1 is 1.15 bits per heavy atom. The Labute approximate surface area is 122 Å². The maximum Gasteiger partial charge on any atom is 0.127 e. The van der Waals surface area contributed by atoms with Crippen LogP contribution >= 0.6 is 0 Å². The molecule has 0 aliphatic carbocycles. The highest BCUT2D eigenvalue weighted by atomic mass is 16.5. The van der Waals surface area contributed by atoms with Gasteiger partial charge < -0.3 is 10.1 Å². The molecule has 1 saturated heterocycles. The number of hydrogen-bond acceptors (Lipinski definition) is 3. The predicted molar refractivity (Wildman–Crippen MR) is 84.9 cm³/mol. The Hall–Kier alpha value is -1.35. The topological polar surface area (TPSA) is 33.6 Å². The second-order valence-corrected chi connectivity index (χ2v) is 6.97. The molecule has 0 spiro atoms. The molecule has 1 fully saturated rings. The number of ether oxygens (including phenoxy) is 1. The SMILES string of the molecule is COc1ccccc1C=NC1CC(C)(C)NC(C)(C)C1. The maximum atomic E-state index is 5.36. The first-order valence-corrected chi connectivity index (χ1v) is 7.27. The van der Waals surface area contributed by atoms with Crippen molar-refractivity contribution in [3.8, 4) is 5.75 Å². The van der Waals surface area contributed by atoms with Crippen molar-refractivity contribution in [3.05, 3.63) is 29.8 Å². The van der Waals surface area contributed by atoms with Gasteiger partial charge in [0.2, 0.25) is 0 Å². The highest BCUT2D eigenvalue weighted by Crippen LogP contribution is 2.30. The molecule has 1 aliphatic heterocycles. The van der Waals surface area contributed by atoms with E-state index in [2.05, 4.69) is 33.0 Å². The quantitative estimate of drug-likeness (QED) is 0.857. The molecule has 0 atom stereocenters. The van der Waals surface area contributed by atoms with Gasteiger partial charge in [0.25, 0.3) is 0 Å². The van der Waals surface area contributed by atoms with Crippen molar-refractivity contribution in [2.45, 2.75) is 57.7 Å². The summed E-state index contributed by atoms with van der Waals surface area (Å²) in [4.78, 5) is 4.81. The molecule has 3 nitrogen and oxygen atoms in total.